The normalized spacial score (nSPS) is 18.9. The first-order chi connectivity index (χ1) is 21.5. The summed E-state index contributed by atoms with van der Waals surface area (Å²) in [6.45, 7) is 4.14. The zero-order valence-electron chi connectivity index (χ0n) is 24.3. The molecule has 0 radical (unpaired) electrons. The van der Waals surface area contributed by atoms with Crippen LogP contribution in [0.25, 0.3) is 23.2 Å². The van der Waals surface area contributed by atoms with Gasteiger partial charge in [-0.15, -0.1) is 32.9 Å². The molecule has 1 fully saturated rings. The molecule has 44 heavy (non-hydrogen) atoms. The molecule has 10 heteroatoms. The van der Waals surface area contributed by atoms with Crippen LogP contribution in [0.15, 0.2) is 93.3 Å². The van der Waals surface area contributed by atoms with Crippen molar-refractivity contribution in [3.8, 4) is 17.1 Å². The summed E-state index contributed by atoms with van der Waals surface area (Å²) in [5.74, 6) is 0.973. The molecule has 0 bridgehead atoms. The summed E-state index contributed by atoms with van der Waals surface area (Å²) < 4.78 is 2.02. The Morgan fingerprint density at radius 2 is 1.89 bits per heavy atom. The lowest BCUT2D eigenvalue weighted by Crippen LogP contribution is -2.32. The molecule has 6 nitrogen and oxygen atoms in total. The molecule has 0 unspecified atom stereocenters. The van der Waals surface area contributed by atoms with Crippen molar-refractivity contribution in [3.05, 3.63) is 109 Å². The van der Waals surface area contributed by atoms with Gasteiger partial charge in [-0.2, -0.15) is 5.10 Å². The molecule has 2 atom stereocenters. The molecule has 1 aliphatic carbocycles. The van der Waals surface area contributed by atoms with Gasteiger partial charge in [-0.3, -0.25) is 9.36 Å². The lowest BCUT2D eigenvalue weighted by molar-refractivity contribution is -0.130. The number of carbonyl (C=O) groups excluding carboxylic acids is 1. The Bertz CT molecular complexity index is 1880. The lowest BCUT2D eigenvalue weighted by atomic mass is 9.79. The molecule has 4 heterocycles. The summed E-state index contributed by atoms with van der Waals surface area (Å²) in [6.07, 6.45) is 5.34. The number of allylic oxidation sites excluding steroid dienone is 1. The van der Waals surface area contributed by atoms with Crippen LogP contribution in [-0.4, -0.2) is 37.1 Å². The largest absolute Gasteiger partial charge is 0.272 e. The van der Waals surface area contributed by atoms with Gasteiger partial charge in [0.15, 0.2) is 11.0 Å². The molecule has 0 spiro atoms. The maximum atomic E-state index is 14.1. The zero-order valence-corrected chi connectivity index (χ0v) is 27.5. The van der Waals surface area contributed by atoms with E-state index in [9.17, 15) is 4.79 Å². The number of hydrogen-bond donors (Lipinski definition) is 0. The van der Waals surface area contributed by atoms with Gasteiger partial charge in [0.25, 0.3) is 5.91 Å². The summed E-state index contributed by atoms with van der Waals surface area (Å²) in [7, 11) is 0. The number of hydrazone groups is 1. The number of aromatic nitrogens is 3. The Balaban J connectivity index is 1.23. The summed E-state index contributed by atoms with van der Waals surface area (Å²) in [5, 5.41) is 21.4. The fourth-order valence-corrected chi connectivity index (χ4v) is 8.61. The number of fused-ring (bicyclic) bond motifs is 1. The predicted octanol–water partition coefficient (Wildman–Crippen LogP) is 9.24. The number of hydrogen-bond acceptors (Lipinski definition) is 7. The second-order valence-corrected chi connectivity index (χ2v) is 14.4. The molecule has 0 N–H and O–H groups in total. The van der Waals surface area contributed by atoms with Gasteiger partial charge in [-0.25, -0.2) is 5.01 Å². The third kappa shape index (κ3) is 5.58. The van der Waals surface area contributed by atoms with E-state index in [4.69, 9.17) is 16.7 Å². The van der Waals surface area contributed by atoms with Crippen molar-refractivity contribution in [1.82, 2.24) is 19.8 Å². The number of rotatable bonds is 7. The van der Waals surface area contributed by atoms with Crippen molar-refractivity contribution in [2.45, 2.75) is 44.3 Å². The minimum Gasteiger partial charge on any atom is -0.272 e. The average molecular weight is 656 g/mol. The third-order valence-corrected chi connectivity index (χ3v) is 11.1. The van der Waals surface area contributed by atoms with E-state index in [0.717, 1.165) is 47.4 Å². The van der Waals surface area contributed by atoms with Crippen LogP contribution in [0.4, 0.5) is 0 Å². The highest BCUT2D eigenvalue weighted by Crippen LogP contribution is 2.46. The fourth-order valence-electron chi connectivity index (χ4n) is 6.04. The zero-order chi connectivity index (χ0) is 30.2. The number of halogens is 1. The summed E-state index contributed by atoms with van der Waals surface area (Å²) in [6, 6.07) is 22.3. The number of benzene rings is 2. The van der Waals surface area contributed by atoms with E-state index in [-0.39, 0.29) is 23.6 Å². The molecule has 222 valence electrons. The Kier molecular flexibility index (Phi) is 8.29. The Hall–Kier alpha value is -3.50. The van der Waals surface area contributed by atoms with Crippen molar-refractivity contribution >= 4 is 63.7 Å². The molecule has 1 amide bonds. The third-order valence-electron chi connectivity index (χ3n) is 8.13. The predicted molar refractivity (Wildman–Crippen MR) is 183 cm³/mol. The van der Waals surface area contributed by atoms with Crippen LogP contribution < -0.4 is 0 Å². The van der Waals surface area contributed by atoms with Crippen LogP contribution in [0.3, 0.4) is 0 Å². The smallest absolute Gasteiger partial charge is 0.253 e. The molecular weight excluding hydrogens is 626 g/mol. The van der Waals surface area contributed by atoms with Crippen molar-refractivity contribution in [1.29, 1.82) is 0 Å². The summed E-state index contributed by atoms with van der Waals surface area (Å²) in [5.41, 5.74) is 6.26. The van der Waals surface area contributed by atoms with Crippen molar-refractivity contribution < 1.29 is 4.79 Å². The Morgan fingerprint density at radius 3 is 2.68 bits per heavy atom. The van der Waals surface area contributed by atoms with Crippen LogP contribution >= 0.6 is 46.0 Å². The average Bonchev–Trinajstić information content (AvgIpc) is 3.84. The van der Waals surface area contributed by atoms with Crippen molar-refractivity contribution in [3.63, 3.8) is 0 Å². The van der Waals surface area contributed by atoms with Gasteiger partial charge in [-0.1, -0.05) is 59.8 Å². The van der Waals surface area contributed by atoms with E-state index in [2.05, 4.69) is 83.3 Å². The molecule has 1 aliphatic heterocycles. The highest BCUT2D eigenvalue weighted by Gasteiger charge is 2.44. The molecule has 0 saturated heterocycles. The van der Waals surface area contributed by atoms with Crippen LogP contribution in [-0.2, 0) is 4.79 Å². The minimum absolute atomic E-state index is 0.0411. The maximum absolute atomic E-state index is 14.1. The van der Waals surface area contributed by atoms with Gasteiger partial charge in [0.2, 0.25) is 0 Å². The molecular formula is C34H30ClN5OS3. The van der Waals surface area contributed by atoms with E-state index in [1.54, 1.807) is 27.7 Å². The molecule has 1 saturated carbocycles. The van der Waals surface area contributed by atoms with Gasteiger partial charge in [0, 0.05) is 21.2 Å². The van der Waals surface area contributed by atoms with E-state index in [1.807, 2.05) is 28.8 Å². The second kappa shape index (κ2) is 12.5. The van der Waals surface area contributed by atoms with Crippen LogP contribution in [0.5, 0.6) is 0 Å². The molecule has 5 aromatic rings. The van der Waals surface area contributed by atoms with Crippen LogP contribution in [0, 0.1) is 19.8 Å². The Labute approximate surface area is 274 Å². The second-order valence-electron chi connectivity index (χ2n) is 11.1. The van der Waals surface area contributed by atoms with Crippen molar-refractivity contribution in [2.24, 2.45) is 11.0 Å². The monoisotopic (exact) mass is 655 g/mol. The first-order valence-corrected chi connectivity index (χ1v) is 17.7. The lowest BCUT2D eigenvalue weighted by Gasteiger charge is -2.28. The molecule has 2 aliphatic rings. The fraction of sp³-hybridized carbons (Fsp3) is 0.235. The number of nitrogens with zero attached hydrogens (tertiary/aromatic N) is 5. The molecule has 2 aromatic carbocycles. The highest BCUT2D eigenvalue weighted by molar-refractivity contribution is 7.99. The van der Waals surface area contributed by atoms with Gasteiger partial charge in [-0.05, 0) is 97.0 Å². The first-order valence-electron chi connectivity index (χ1n) is 14.6. The van der Waals surface area contributed by atoms with Gasteiger partial charge >= 0.3 is 0 Å². The summed E-state index contributed by atoms with van der Waals surface area (Å²) in [4.78, 5) is 16.5. The number of amides is 1. The summed E-state index contributed by atoms with van der Waals surface area (Å²) >= 11 is 11.4. The van der Waals surface area contributed by atoms with E-state index in [1.165, 1.54) is 27.1 Å². The van der Waals surface area contributed by atoms with Gasteiger partial charge < -0.3 is 0 Å². The number of thioether (sulfide) groups is 1. The van der Waals surface area contributed by atoms with Crippen molar-refractivity contribution in [2.75, 3.05) is 5.75 Å². The van der Waals surface area contributed by atoms with Gasteiger partial charge in [0.1, 0.15) is 0 Å². The maximum Gasteiger partial charge on any atom is 0.253 e. The number of carbonyl (C=O) groups is 1. The number of thiophene rings is 2. The van der Waals surface area contributed by atoms with E-state index in [0.29, 0.717) is 16.0 Å². The molecule has 7 rings (SSSR count). The van der Waals surface area contributed by atoms with E-state index >= 15 is 0 Å². The minimum atomic E-state index is -0.0966. The Morgan fingerprint density at radius 1 is 1.05 bits per heavy atom. The number of aryl methyl sites for hydroxylation is 2. The SMILES string of the molecule is Cc1ccc(C)c(-n2c(SCC(=O)N3N=C4/C(=C/c5cccs5)CCC[C@H]4[C@H]3c3cccs3)nnc2-c2ccccc2Cl)c1. The molecule has 3 aromatic heterocycles. The first kappa shape index (κ1) is 29.2. The van der Waals surface area contributed by atoms with Crippen LogP contribution in [0.2, 0.25) is 5.02 Å². The standard InChI is InChI=1S/C34H30ClN5OS3/c1-21-14-15-22(2)28(18-21)39-33(25-10-3-4-12-27(25)35)36-37-34(39)44-20-30(41)40-32(29-13-7-17-43-29)26-11-5-8-23(31(26)38-40)19-24-9-6-16-42-24/h3-4,6-7,9-10,12-19,26,32H,5,8,11,20H2,1-2H3/b23-19+/t26-,32+/m1/s1. The van der Waals surface area contributed by atoms with Crippen LogP contribution in [0.1, 0.15) is 46.2 Å². The van der Waals surface area contributed by atoms with Gasteiger partial charge in [0.05, 0.1) is 28.2 Å². The topological polar surface area (TPSA) is 63.4 Å². The van der Waals surface area contributed by atoms with E-state index < -0.39 is 0 Å². The highest BCUT2D eigenvalue weighted by atomic mass is 35.5. The quantitative estimate of drug-likeness (QED) is 0.164.